The molecule has 1 amide bonds. The zero-order valence-corrected chi connectivity index (χ0v) is 16.1. The van der Waals surface area contributed by atoms with Crippen LogP contribution >= 0.6 is 46.2 Å². The maximum Gasteiger partial charge on any atom is 0.231 e. The zero-order chi connectivity index (χ0) is 16.6. The van der Waals surface area contributed by atoms with Gasteiger partial charge in [-0.2, -0.15) is 0 Å². The number of thiophene rings is 1. The molecule has 23 heavy (non-hydrogen) atoms. The van der Waals surface area contributed by atoms with Crippen LogP contribution in [0.15, 0.2) is 11.4 Å². The second-order valence-electron chi connectivity index (χ2n) is 5.15. The summed E-state index contributed by atoms with van der Waals surface area (Å²) >= 11 is 9.74. The van der Waals surface area contributed by atoms with Crippen molar-refractivity contribution in [3.63, 3.8) is 0 Å². The van der Waals surface area contributed by atoms with E-state index in [4.69, 9.17) is 12.2 Å². The summed E-state index contributed by atoms with van der Waals surface area (Å²) in [7, 11) is 0. The van der Waals surface area contributed by atoms with Gasteiger partial charge in [0.2, 0.25) is 5.91 Å². The summed E-state index contributed by atoms with van der Waals surface area (Å²) in [6.45, 7) is 6.11. The number of hydrogen-bond donors (Lipinski definition) is 2. The van der Waals surface area contributed by atoms with Gasteiger partial charge in [-0.1, -0.05) is 0 Å². The van der Waals surface area contributed by atoms with E-state index < -0.39 is 0 Å². The van der Waals surface area contributed by atoms with Crippen molar-refractivity contribution in [1.82, 2.24) is 9.97 Å². The van der Waals surface area contributed by atoms with E-state index in [1.165, 1.54) is 32.4 Å². The molecule has 3 aromatic heterocycles. The van der Waals surface area contributed by atoms with Crippen LogP contribution in [0.25, 0.3) is 11.3 Å². The molecule has 0 spiro atoms. The summed E-state index contributed by atoms with van der Waals surface area (Å²) in [5.74, 6) is -0.0718. The van der Waals surface area contributed by atoms with Crippen LogP contribution in [0.3, 0.4) is 0 Å². The molecule has 0 fully saturated rings. The highest BCUT2D eigenvalue weighted by molar-refractivity contribution is 7.73. The highest BCUT2D eigenvalue weighted by Gasteiger charge is 2.13. The predicted octanol–water partition coefficient (Wildman–Crippen LogP) is 5.10. The number of aromatic nitrogens is 2. The van der Waals surface area contributed by atoms with Crippen LogP contribution in [0, 0.1) is 24.7 Å². The van der Waals surface area contributed by atoms with E-state index in [9.17, 15) is 4.79 Å². The van der Waals surface area contributed by atoms with Gasteiger partial charge in [-0.3, -0.25) is 4.79 Å². The molecule has 0 aromatic carbocycles. The fourth-order valence-corrected chi connectivity index (χ4v) is 5.20. The molecule has 3 heterocycles. The Balaban J connectivity index is 1.71. The van der Waals surface area contributed by atoms with Crippen LogP contribution in [0.1, 0.15) is 20.3 Å². The Labute approximate surface area is 151 Å². The minimum Gasteiger partial charge on any atom is -0.341 e. The molecule has 4 nitrogen and oxygen atoms in total. The van der Waals surface area contributed by atoms with E-state index in [0.717, 1.165) is 21.8 Å². The average Bonchev–Trinajstić information content (AvgIpc) is 3.11. The molecule has 0 radical (unpaired) electrons. The number of aryl methyl sites for hydroxylation is 3. The van der Waals surface area contributed by atoms with Gasteiger partial charge in [0.1, 0.15) is 0 Å². The van der Waals surface area contributed by atoms with E-state index in [1.54, 1.807) is 11.3 Å². The number of nitrogens with zero attached hydrogens (tertiary/aromatic N) is 1. The van der Waals surface area contributed by atoms with Crippen molar-refractivity contribution < 1.29 is 4.79 Å². The van der Waals surface area contributed by atoms with Crippen LogP contribution in [-0.2, 0) is 11.2 Å². The number of anilines is 1. The molecule has 0 aliphatic heterocycles. The van der Waals surface area contributed by atoms with Crippen LogP contribution < -0.4 is 5.32 Å². The van der Waals surface area contributed by atoms with Crippen molar-refractivity contribution >= 4 is 57.3 Å². The van der Waals surface area contributed by atoms with Gasteiger partial charge in [-0.25, -0.2) is 4.98 Å². The molecule has 8 heteroatoms. The summed E-state index contributed by atoms with van der Waals surface area (Å²) in [6, 6.07) is 2.14. The number of carbonyl (C=O) groups is 1. The topological polar surface area (TPSA) is 57.8 Å². The van der Waals surface area contributed by atoms with Crippen LogP contribution in [-0.4, -0.2) is 15.9 Å². The molecule has 0 saturated carbocycles. The number of nitrogens with one attached hydrogen (secondary N) is 2. The van der Waals surface area contributed by atoms with Crippen LogP contribution in [0.2, 0.25) is 0 Å². The molecule has 3 rings (SSSR count). The largest absolute Gasteiger partial charge is 0.341 e. The molecule has 2 N–H and O–H groups in total. The van der Waals surface area contributed by atoms with Gasteiger partial charge >= 0.3 is 0 Å². The first-order chi connectivity index (χ1) is 10.9. The lowest BCUT2D eigenvalue weighted by atomic mass is 10.2. The summed E-state index contributed by atoms with van der Waals surface area (Å²) in [4.78, 5) is 23.2. The number of rotatable bonds is 4. The maximum absolute atomic E-state index is 12.2. The number of thiazole rings is 2. The van der Waals surface area contributed by atoms with Crippen molar-refractivity contribution in [1.29, 1.82) is 0 Å². The Hall–Kier alpha value is -1.35. The third-order valence-electron chi connectivity index (χ3n) is 3.31. The summed E-state index contributed by atoms with van der Waals surface area (Å²) < 4.78 is 0.699. The summed E-state index contributed by atoms with van der Waals surface area (Å²) in [5, 5.41) is 5.49. The Kier molecular flexibility index (Phi) is 4.77. The number of H-pyrrole nitrogens is 1. The molecule has 0 bridgehead atoms. The first-order valence-corrected chi connectivity index (χ1v) is 9.86. The molecule has 0 aliphatic carbocycles. The molecule has 0 atom stereocenters. The van der Waals surface area contributed by atoms with Gasteiger partial charge in [0, 0.05) is 31.3 Å². The standard InChI is InChI=1S/C15H15N3OS4/c1-7-4-10(9(3)22-7)11-6-21-14(17-11)18-13(19)5-12-8(2)16-15(20)23-12/h4,6H,5H2,1-3H3,(H,16,20)(H,17,18,19). The molecular weight excluding hydrogens is 366 g/mol. The first kappa shape index (κ1) is 16.5. The summed E-state index contributed by atoms with van der Waals surface area (Å²) in [6.07, 6.45) is 0.315. The zero-order valence-electron chi connectivity index (χ0n) is 12.9. The quantitative estimate of drug-likeness (QED) is 0.618. The third kappa shape index (κ3) is 3.77. The van der Waals surface area contributed by atoms with Crippen LogP contribution in [0.4, 0.5) is 5.13 Å². The minimum absolute atomic E-state index is 0.0718. The van der Waals surface area contributed by atoms with E-state index in [0.29, 0.717) is 15.5 Å². The highest BCUT2D eigenvalue weighted by atomic mass is 32.1. The van der Waals surface area contributed by atoms with E-state index in [-0.39, 0.29) is 5.91 Å². The third-order valence-corrected chi connectivity index (χ3v) is 6.37. The predicted molar refractivity (Wildman–Crippen MR) is 101 cm³/mol. The Morgan fingerprint density at radius 3 is 2.74 bits per heavy atom. The molecular formula is C15H15N3OS4. The summed E-state index contributed by atoms with van der Waals surface area (Å²) in [5.41, 5.74) is 3.02. The number of carbonyl (C=O) groups excluding carboxylic acids is 1. The first-order valence-electron chi connectivity index (χ1n) is 6.93. The molecule has 3 aromatic rings. The van der Waals surface area contributed by atoms with Gasteiger partial charge in [0.15, 0.2) is 9.09 Å². The molecule has 120 valence electrons. The lowest BCUT2D eigenvalue weighted by Gasteiger charge is -2.00. The number of hydrogen-bond acceptors (Lipinski definition) is 6. The molecule has 0 aliphatic rings. The lowest BCUT2D eigenvalue weighted by molar-refractivity contribution is -0.115. The van der Waals surface area contributed by atoms with Crippen molar-refractivity contribution in [2.24, 2.45) is 0 Å². The normalized spacial score (nSPS) is 10.9. The minimum atomic E-state index is -0.0718. The number of amides is 1. The van der Waals surface area contributed by atoms with Crippen molar-refractivity contribution in [2.75, 3.05) is 5.32 Å². The Morgan fingerprint density at radius 2 is 2.13 bits per heavy atom. The van der Waals surface area contributed by atoms with E-state index in [2.05, 4.69) is 35.2 Å². The maximum atomic E-state index is 12.2. The van der Waals surface area contributed by atoms with Crippen molar-refractivity contribution in [3.05, 3.63) is 35.7 Å². The van der Waals surface area contributed by atoms with Gasteiger partial charge in [-0.15, -0.1) is 34.0 Å². The second-order valence-corrected chi connectivity index (χ2v) is 9.24. The monoisotopic (exact) mass is 381 g/mol. The Morgan fingerprint density at radius 1 is 1.35 bits per heavy atom. The SMILES string of the molecule is Cc1cc(-c2csc(NC(=O)Cc3sc(=S)[nH]c3C)n2)c(C)s1. The van der Waals surface area contributed by atoms with Crippen LogP contribution in [0.5, 0.6) is 0 Å². The smallest absolute Gasteiger partial charge is 0.231 e. The molecule has 0 unspecified atom stereocenters. The number of aromatic amines is 1. The molecule has 0 saturated heterocycles. The highest BCUT2D eigenvalue weighted by Crippen LogP contribution is 2.32. The van der Waals surface area contributed by atoms with E-state index in [1.807, 2.05) is 12.3 Å². The van der Waals surface area contributed by atoms with Gasteiger partial charge in [0.25, 0.3) is 0 Å². The van der Waals surface area contributed by atoms with E-state index >= 15 is 0 Å². The fourth-order valence-electron chi connectivity index (χ4n) is 2.25. The second kappa shape index (κ2) is 6.64. The Bertz CT molecular complexity index is 915. The van der Waals surface area contributed by atoms with Gasteiger partial charge < -0.3 is 10.3 Å². The van der Waals surface area contributed by atoms with Crippen molar-refractivity contribution in [3.8, 4) is 11.3 Å². The lowest BCUT2D eigenvalue weighted by Crippen LogP contribution is -2.14. The average molecular weight is 382 g/mol. The fraction of sp³-hybridized carbons (Fsp3) is 0.267. The van der Waals surface area contributed by atoms with Gasteiger partial charge in [-0.05, 0) is 39.1 Å². The van der Waals surface area contributed by atoms with Gasteiger partial charge in [0.05, 0.1) is 12.1 Å². The van der Waals surface area contributed by atoms with Crippen molar-refractivity contribution in [2.45, 2.75) is 27.2 Å².